The van der Waals surface area contributed by atoms with Crippen LogP contribution in [0.1, 0.15) is 5.56 Å². The van der Waals surface area contributed by atoms with Crippen LogP contribution in [0, 0.1) is 6.92 Å². The number of H-pyrrole nitrogens is 1. The van der Waals surface area contributed by atoms with E-state index in [-0.39, 0.29) is 0 Å². The van der Waals surface area contributed by atoms with Crippen molar-refractivity contribution in [3.63, 3.8) is 0 Å². The van der Waals surface area contributed by atoms with E-state index in [1.165, 1.54) is 17.3 Å². The first-order valence-electron chi connectivity index (χ1n) is 6.32. The zero-order valence-electron chi connectivity index (χ0n) is 11.3. The number of ether oxygens (including phenoxy) is 1. The van der Waals surface area contributed by atoms with E-state index in [9.17, 15) is 4.79 Å². The molecule has 0 spiro atoms. The fourth-order valence-electron chi connectivity index (χ4n) is 1.97. The van der Waals surface area contributed by atoms with E-state index < -0.39 is 6.09 Å². The predicted molar refractivity (Wildman–Crippen MR) is 81.6 cm³/mol. The van der Waals surface area contributed by atoms with Gasteiger partial charge < -0.3 is 15.5 Å². The van der Waals surface area contributed by atoms with Gasteiger partial charge in [0.05, 0.1) is 5.52 Å². The van der Waals surface area contributed by atoms with Crippen LogP contribution in [0.3, 0.4) is 0 Å². The van der Waals surface area contributed by atoms with Crippen molar-refractivity contribution in [2.75, 3.05) is 0 Å². The van der Waals surface area contributed by atoms with E-state index in [0.29, 0.717) is 5.88 Å². The monoisotopic (exact) mass is 299 g/mol. The minimum atomic E-state index is -0.854. The maximum absolute atomic E-state index is 11.0. The molecule has 21 heavy (non-hydrogen) atoms. The van der Waals surface area contributed by atoms with Gasteiger partial charge in [-0.1, -0.05) is 29.5 Å². The van der Waals surface area contributed by atoms with Crippen molar-refractivity contribution < 1.29 is 9.53 Å². The van der Waals surface area contributed by atoms with Gasteiger partial charge in [0.15, 0.2) is 0 Å². The van der Waals surface area contributed by atoms with Gasteiger partial charge in [-0.3, -0.25) is 4.98 Å². The van der Waals surface area contributed by atoms with Crippen molar-refractivity contribution in [3.05, 3.63) is 48.2 Å². The van der Waals surface area contributed by atoms with Crippen LogP contribution in [-0.4, -0.2) is 16.1 Å². The summed E-state index contributed by atoms with van der Waals surface area (Å²) in [6.45, 7) is 2.03. The van der Waals surface area contributed by atoms with Gasteiger partial charge in [-0.15, -0.1) is 0 Å². The highest BCUT2D eigenvalue weighted by atomic mass is 32.2. The van der Waals surface area contributed by atoms with Crippen LogP contribution in [0.5, 0.6) is 5.88 Å². The number of amides is 1. The first kappa shape index (κ1) is 13.5. The number of carbonyl (C=O) groups excluding carboxylic acids is 1. The topological polar surface area (TPSA) is 81.0 Å². The number of hydrogen-bond acceptors (Lipinski definition) is 4. The van der Waals surface area contributed by atoms with Gasteiger partial charge in [0, 0.05) is 11.1 Å². The summed E-state index contributed by atoms with van der Waals surface area (Å²) in [5.41, 5.74) is 7.85. The molecule has 1 amide bonds. The minimum absolute atomic E-state index is 0.321. The number of pyridine rings is 1. The number of primary amides is 1. The summed E-state index contributed by atoms with van der Waals surface area (Å²) in [6, 6.07) is 11.8. The molecule has 6 heteroatoms. The molecular weight excluding hydrogens is 286 g/mol. The first-order valence-corrected chi connectivity index (χ1v) is 7.13. The standard InChI is InChI=1S/C15H13N3O2S/c1-9-4-6-10(7-5-9)21-13-12-11(3-2-8-17-12)18-14(13)20-15(16)19/h2-8,18H,1H3,(H2,16,19). The summed E-state index contributed by atoms with van der Waals surface area (Å²) in [4.78, 5) is 20.2. The van der Waals surface area contributed by atoms with Crippen LogP contribution >= 0.6 is 11.8 Å². The second-order valence-corrected chi connectivity index (χ2v) is 5.60. The maximum atomic E-state index is 11.0. The van der Waals surface area contributed by atoms with Crippen molar-refractivity contribution in [1.29, 1.82) is 0 Å². The third kappa shape index (κ3) is 2.85. The quantitative estimate of drug-likeness (QED) is 0.775. The number of aromatic amines is 1. The molecule has 0 bridgehead atoms. The highest BCUT2D eigenvalue weighted by molar-refractivity contribution is 7.99. The molecule has 3 aromatic rings. The van der Waals surface area contributed by atoms with Crippen LogP contribution in [0.15, 0.2) is 52.4 Å². The summed E-state index contributed by atoms with van der Waals surface area (Å²) in [6.07, 6.45) is 0.843. The third-order valence-electron chi connectivity index (χ3n) is 2.92. The summed E-state index contributed by atoms with van der Waals surface area (Å²) >= 11 is 1.47. The van der Waals surface area contributed by atoms with Crippen molar-refractivity contribution >= 4 is 28.9 Å². The molecule has 2 aromatic heterocycles. The molecule has 3 rings (SSSR count). The second kappa shape index (κ2) is 5.49. The number of hydrogen-bond donors (Lipinski definition) is 2. The molecule has 0 aliphatic heterocycles. The molecule has 0 aliphatic carbocycles. The number of fused-ring (bicyclic) bond motifs is 1. The Morgan fingerprint density at radius 1 is 1.29 bits per heavy atom. The number of nitrogens with two attached hydrogens (primary N) is 1. The van der Waals surface area contributed by atoms with E-state index in [2.05, 4.69) is 9.97 Å². The van der Waals surface area contributed by atoms with Gasteiger partial charge in [0.2, 0.25) is 5.88 Å². The molecular formula is C15H13N3O2S. The number of benzene rings is 1. The predicted octanol–water partition coefficient (Wildman–Crippen LogP) is 3.48. The van der Waals surface area contributed by atoms with E-state index >= 15 is 0 Å². The first-order chi connectivity index (χ1) is 10.1. The fourth-order valence-corrected chi connectivity index (χ4v) is 2.92. The number of rotatable bonds is 3. The molecule has 5 nitrogen and oxygen atoms in total. The fraction of sp³-hybridized carbons (Fsp3) is 0.0667. The van der Waals surface area contributed by atoms with Crippen LogP contribution < -0.4 is 10.5 Å². The maximum Gasteiger partial charge on any atom is 0.411 e. The molecule has 0 fully saturated rings. The zero-order chi connectivity index (χ0) is 14.8. The second-order valence-electron chi connectivity index (χ2n) is 4.52. The Hall–Kier alpha value is -2.47. The number of carbonyl (C=O) groups is 1. The van der Waals surface area contributed by atoms with Gasteiger partial charge >= 0.3 is 6.09 Å². The van der Waals surface area contributed by atoms with Gasteiger partial charge in [0.25, 0.3) is 0 Å². The average Bonchev–Trinajstić information content (AvgIpc) is 2.78. The molecule has 0 aliphatic rings. The van der Waals surface area contributed by atoms with Crippen LogP contribution in [-0.2, 0) is 0 Å². The highest BCUT2D eigenvalue weighted by Gasteiger charge is 2.17. The SMILES string of the molecule is Cc1ccc(Sc2c(OC(N)=O)[nH]c3cccnc23)cc1. The number of nitrogens with one attached hydrogen (secondary N) is 1. The van der Waals surface area contributed by atoms with Crippen molar-refractivity contribution in [2.45, 2.75) is 16.7 Å². The van der Waals surface area contributed by atoms with Crippen molar-refractivity contribution in [2.24, 2.45) is 5.73 Å². The summed E-state index contributed by atoms with van der Waals surface area (Å²) in [5, 5.41) is 0. The average molecular weight is 299 g/mol. The Kier molecular flexibility index (Phi) is 3.53. The summed E-state index contributed by atoms with van der Waals surface area (Å²) in [5.74, 6) is 0.321. The molecule has 2 heterocycles. The largest absolute Gasteiger partial charge is 0.411 e. The summed E-state index contributed by atoms with van der Waals surface area (Å²) in [7, 11) is 0. The molecule has 0 atom stereocenters. The molecule has 106 valence electrons. The van der Waals surface area contributed by atoms with E-state index in [0.717, 1.165) is 20.8 Å². The molecule has 0 unspecified atom stereocenters. The van der Waals surface area contributed by atoms with E-state index in [1.54, 1.807) is 6.20 Å². The molecule has 1 aromatic carbocycles. The summed E-state index contributed by atoms with van der Waals surface area (Å²) < 4.78 is 5.05. The van der Waals surface area contributed by atoms with E-state index in [1.807, 2.05) is 43.3 Å². The lowest BCUT2D eigenvalue weighted by molar-refractivity contribution is 0.208. The number of nitrogens with zero attached hydrogens (tertiary/aromatic N) is 1. The Morgan fingerprint density at radius 2 is 2.05 bits per heavy atom. The number of aromatic nitrogens is 2. The normalized spacial score (nSPS) is 10.7. The molecule has 0 saturated heterocycles. The lowest BCUT2D eigenvalue weighted by Gasteiger charge is -2.04. The van der Waals surface area contributed by atoms with Gasteiger partial charge in [-0.25, -0.2) is 4.79 Å². The van der Waals surface area contributed by atoms with Gasteiger partial charge in [-0.05, 0) is 31.2 Å². The molecule has 3 N–H and O–H groups in total. The van der Waals surface area contributed by atoms with Crippen LogP contribution in [0.4, 0.5) is 4.79 Å². The van der Waals surface area contributed by atoms with Crippen molar-refractivity contribution in [3.8, 4) is 5.88 Å². The zero-order valence-corrected chi connectivity index (χ0v) is 12.1. The lowest BCUT2D eigenvalue weighted by Crippen LogP contribution is -2.16. The smallest absolute Gasteiger partial charge is 0.392 e. The van der Waals surface area contributed by atoms with Gasteiger partial charge in [-0.2, -0.15) is 0 Å². The Morgan fingerprint density at radius 3 is 2.76 bits per heavy atom. The molecule has 0 radical (unpaired) electrons. The third-order valence-corrected chi connectivity index (χ3v) is 4.01. The van der Waals surface area contributed by atoms with Crippen LogP contribution in [0.2, 0.25) is 0 Å². The van der Waals surface area contributed by atoms with Crippen LogP contribution in [0.25, 0.3) is 11.0 Å². The van der Waals surface area contributed by atoms with Crippen molar-refractivity contribution in [1.82, 2.24) is 9.97 Å². The van der Waals surface area contributed by atoms with Gasteiger partial charge in [0.1, 0.15) is 10.4 Å². The lowest BCUT2D eigenvalue weighted by atomic mass is 10.2. The Bertz CT molecular complexity index is 796. The number of aryl methyl sites for hydroxylation is 1. The molecule has 0 saturated carbocycles. The Balaban J connectivity index is 2.05. The highest BCUT2D eigenvalue weighted by Crippen LogP contribution is 2.39. The van der Waals surface area contributed by atoms with E-state index in [4.69, 9.17) is 10.5 Å². The Labute approximate surface area is 125 Å². The minimum Gasteiger partial charge on any atom is -0.392 e.